The molecule has 1 saturated heterocycles. The predicted molar refractivity (Wildman–Crippen MR) is 95.1 cm³/mol. The van der Waals surface area contributed by atoms with Gasteiger partial charge in [0.2, 0.25) is 5.91 Å². The Morgan fingerprint density at radius 2 is 1.76 bits per heavy atom. The first kappa shape index (κ1) is 18.2. The van der Waals surface area contributed by atoms with Crippen molar-refractivity contribution in [3.8, 4) is 0 Å². The highest BCUT2D eigenvalue weighted by Crippen LogP contribution is 2.25. The number of rotatable bonds is 3. The van der Waals surface area contributed by atoms with Crippen molar-refractivity contribution >= 4 is 23.4 Å². The fraction of sp³-hybridized carbons (Fsp3) is 0.579. The number of carbonyl (C=O) groups is 2. The Hall–Kier alpha value is -1.62. The first-order valence-electron chi connectivity index (χ1n) is 9.10. The summed E-state index contributed by atoms with van der Waals surface area (Å²) >= 11 is 5.98. The van der Waals surface area contributed by atoms with Crippen LogP contribution in [0, 0.1) is 11.7 Å². The van der Waals surface area contributed by atoms with Crippen molar-refractivity contribution in [3.05, 3.63) is 34.6 Å². The Labute approximate surface area is 152 Å². The van der Waals surface area contributed by atoms with E-state index in [2.05, 4.69) is 5.32 Å². The summed E-state index contributed by atoms with van der Waals surface area (Å²) in [6.45, 7) is 0.998. The summed E-state index contributed by atoms with van der Waals surface area (Å²) in [6, 6.07) is 4.35. The maximum Gasteiger partial charge on any atom is 0.258 e. The summed E-state index contributed by atoms with van der Waals surface area (Å²) in [7, 11) is 0. The van der Waals surface area contributed by atoms with E-state index in [1.165, 1.54) is 24.6 Å². The van der Waals surface area contributed by atoms with Crippen LogP contribution in [-0.4, -0.2) is 35.8 Å². The minimum absolute atomic E-state index is 0.0612. The third-order valence-corrected chi connectivity index (χ3v) is 5.60. The molecule has 0 aromatic heterocycles. The number of likely N-dealkylation sites (tertiary alicyclic amines) is 1. The molecule has 2 fully saturated rings. The fourth-order valence-electron chi connectivity index (χ4n) is 3.77. The first-order valence-corrected chi connectivity index (χ1v) is 9.47. The summed E-state index contributed by atoms with van der Waals surface area (Å²) in [5.41, 5.74) is -0.0612. The highest BCUT2D eigenvalue weighted by atomic mass is 35.5. The topological polar surface area (TPSA) is 49.4 Å². The average molecular weight is 367 g/mol. The van der Waals surface area contributed by atoms with Gasteiger partial charge >= 0.3 is 0 Å². The molecule has 0 radical (unpaired) electrons. The van der Waals surface area contributed by atoms with E-state index in [4.69, 9.17) is 11.6 Å². The molecule has 1 aromatic carbocycles. The number of benzene rings is 1. The van der Waals surface area contributed by atoms with E-state index in [0.717, 1.165) is 25.7 Å². The summed E-state index contributed by atoms with van der Waals surface area (Å²) in [5, 5.41) is 3.27. The van der Waals surface area contributed by atoms with Gasteiger partial charge in [-0.2, -0.15) is 0 Å². The van der Waals surface area contributed by atoms with E-state index in [1.807, 2.05) is 0 Å². The lowest BCUT2D eigenvalue weighted by molar-refractivity contribution is -0.126. The van der Waals surface area contributed by atoms with Crippen LogP contribution in [0.4, 0.5) is 4.39 Å². The number of nitrogens with zero attached hydrogens (tertiary/aromatic N) is 1. The van der Waals surface area contributed by atoms with Crippen LogP contribution < -0.4 is 5.32 Å². The van der Waals surface area contributed by atoms with Crippen molar-refractivity contribution < 1.29 is 14.0 Å². The molecule has 2 aliphatic rings. The Morgan fingerprint density at radius 3 is 2.40 bits per heavy atom. The van der Waals surface area contributed by atoms with Crippen LogP contribution >= 0.6 is 11.6 Å². The lowest BCUT2D eigenvalue weighted by Gasteiger charge is -2.33. The number of hydrogen-bond donors (Lipinski definition) is 1. The van der Waals surface area contributed by atoms with Gasteiger partial charge in [0.1, 0.15) is 5.82 Å². The molecule has 1 aliphatic carbocycles. The number of carbonyl (C=O) groups excluding carboxylic acids is 2. The van der Waals surface area contributed by atoms with Crippen molar-refractivity contribution in [3.63, 3.8) is 0 Å². The van der Waals surface area contributed by atoms with Gasteiger partial charge in [-0.25, -0.2) is 4.39 Å². The summed E-state index contributed by atoms with van der Waals surface area (Å²) in [6.07, 6.45) is 6.84. The van der Waals surface area contributed by atoms with E-state index in [9.17, 15) is 14.0 Å². The molecule has 2 amide bonds. The summed E-state index contributed by atoms with van der Waals surface area (Å²) in [4.78, 5) is 26.5. The van der Waals surface area contributed by atoms with E-state index in [0.29, 0.717) is 25.9 Å². The van der Waals surface area contributed by atoms with Crippen LogP contribution in [0.5, 0.6) is 0 Å². The maximum absolute atomic E-state index is 13.9. The zero-order chi connectivity index (χ0) is 17.8. The van der Waals surface area contributed by atoms with E-state index in [-0.39, 0.29) is 34.4 Å². The molecule has 25 heavy (non-hydrogen) atoms. The van der Waals surface area contributed by atoms with Gasteiger partial charge < -0.3 is 10.2 Å². The van der Waals surface area contributed by atoms with Gasteiger partial charge in [-0.3, -0.25) is 9.59 Å². The van der Waals surface area contributed by atoms with Gasteiger partial charge in [-0.15, -0.1) is 0 Å². The lowest BCUT2D eigenvalue weighted by atomic mass is 9.88. The molecule has 136 valence electrons. The second-order valence-corrected chi connectivity index (χ2v) is 7.41. The average Bonchev–Trinajstić information content (AvgIpc) is 2.63. The molecule has 0 atom stereocenters. The standard InChI is InChI=1S/C19H24ClFN2O2/c20-15-7-4-8-16(21)17(15)19(25)23-11-9-14(10-12-23)22-18(24)13-5-2-1-3-6-13/h4,7-8,13-14H,1-3,5-6,9-12H2,(H,22,24). The van der Waals surface area contributed by atoms with E-state index < -0.39 is 5.82 Å². The Bertz CT molecular complexity index is 618. The smallest absolute Gasteiger partial charge is 0.258 e. The lowest BCUT2D eigenvalue weighted by Crippen LogP contribution is -2.48. The molecule has 0 unspecified atom stereocenters. The third kappa shape index (κ3) is 4.32. The minimum Gasteiger partial charge on any atom is -0.353 e. The van der Waals surface area contributed by atoms with Crippen molar-refractivity contribution in [2.75, 3.05) is 13.1 Å². The van der Waals surface area contributed by atoms with Crippen molar-refractivity contribution in [1.29, 1.82) is 0 Å². The maximum atomic E-state index is 13.9. The predicted octanol–water partition coefficient (Wildman–Crippen LogP) is 3.78. The Kier molecular flexibility index (Phi) is 5.94. The van der Waals surface area contributed by atoms with Crippen molar-refractivity contribution in [2.45, 2.75) is 51.0 Å². The Morgan fingerprint density at radius 1 is 1.08 bits per heavy atom. The van der Waals surface area contributed by atoms with Crippen LogP contribution in [0.1, 0.15) is 55.3 Å². The molecule has 1 N–H and O–H groups in total. The van der Waals surface area contributed by atoms with Gasteiger partial charge in [0.15, 0.2) is 0 Å². The zero-order valence-corrected chi connectivity index (χ0v) is 15.0. The monoisotopic (exact) mass is 366 g/mol. The first-order chi connectivity index (χ1) is 12.1. The minimum atomic E-state index is -0.592. The molecule has 3 rings (SSSR count). The Balaban J connectivity index is 1.53. The molecule has 1 saturated carbocycles. The number of nitrogens with one attached hydrogen (secondary N) is 1. The summed E-state index contributed by atoms with van der Waals surface area (Å²) in [5.74, 6) is -0.669. The number of halogens is 2. The van der Waals surface area contributed by atoms with Crippen molar-refractivity contribution in [2.24, 2.45) is 5.92 Å². The molecular formula is C19H24ClFN2O2. The molecule has 4 nitrogen and oxygen atoms in total. The zero-order valence-electron chi connectivity index (χ0n) is 14.3. The summed E-state index contributed by atoms with van der Waals surface area (Å²) < 4.78 is 13.9. The molecular weight excluding hydrogens is 343 g/mol. The highest BCUT2D eigenvalue weighted by Gasteiger charge is 2.29. The van der Waals surface area contributed by atoms with Crippen LogP contribution in [0.2, 0.25) is 5.02 Å². The molecule has 0 spiro atoms. The van der Waals surface area contributed by atoms with Crippen LogP contribution in [0.3, 0.4) is 0 Å². The van der Waals surface area contributed by atoms with E-state index >= 15 is 0 Å². The van der Waals surface area contributed by atoms with Gasteiger partial charge in [0.25, 0.3) is 5.91 Å². The van der Waals surface area contributed by atoms with Crippen LogP contribution in [0.25, 0.3) is 0 Å². The largest absolute Gasteiger partial charge is 0.353 e. The van der Waals surface area contributed by atoms with Gasteiger partial charge in [0.05, 0.1) is 10.6 Å². The normalized spacial score (nSPS) is 19.7. The quantitative estimate of drug-likeness (QED) is 0.885. The molecule has 1 aliphatic heterocycles. The highest BCUT2D eigenvalue weighted by molar-refractivity contribution is 6.33. The van der Waals surface area contributed by atoms with E-state index in [1.54, 1.807) is 4.90 Å². The second-order valence-electron chi connectivity index (χ2n) is 7.01. The number of piperidine rings is 1. The molecule has 1 aromatic rings. The second kappa shape index (κ2) is 8.17. The van der Waals surface area contributed by atoms with Crippen LogP contribution in [0.15, 0.2) is 18.2 Å². The SMILES string of the molecule is O=C(NC1CCN(C(=O)c2c(F)cccc2Cl)CC1)C1CCCCC1. The van der Waals surface area contributed by atoms with Crippen molar-refractivity contribution in [1.82, 2.24) is 10.2 Å². The molecule has 0 bridgehead atoms. The molecule has 1 heterocycles. The third-order valence-electron chi connectivity index (χ3n) is 5.28. The number of hydrogen-bond acceptors (Lipinski definition) is 2. The van der Waals surface area contributed by atoms with Gasteiger partial charge in [-0.05, 0) is 37.8 Å². The van der Waals surface area contributed by atoms with Gasteiger partial charge in [-0.1, -0.05) is 36.9 Å². The number of amides is 2. The fourth-order valence-corrected chi connectivity index (χ4v) is 4.01. The van der Waals surface area contributed by atoms with Crippen LogP contribution in [-0.2, 0) is 4.79 Å². The van der Waals surface area contributed by atoms with Gasteiger partial charge in [0, 0.05) is 25.0 Å². The molecule has 6 heteroatoms.